The third-order valence-electron chi connectivity index (χ3n) is 2.48. The molecule has 84 valence electrons. The maximum absolute atomic E-state index is 11.7. The molecule has 1 saturated carbocycles. The number of ether oxygens (including phenoxy) is 1. The summed E-state index contributed by atoms with van der Waals surface area (Å²) in [6.45, 7) is 0.865. The van der Waals surface area contributed by atoms with Crippen molar-refractivity contribution in [3.05, 3.63) is 0 Å². The Morgan fingerprint density at radius 2 is 1.93 bits per heavy atom. The van der Waals surface area contributed by atoms with Gasteiger partial charge in [-0.05, 0) is 31.7 Å². The molecule has 0 aromatic carbocycles. The van der Waals surface area contributed by atoms with Crippen LogP contribution >= 0.6 is 0 Å². The summed E-state index contributed by atoms with van der Waals surface area (Å²) < 4.78 is 40.4. The number of alkyl halides is 3. The fourth-order valence-electron chi connectivity index (χ4n) is 1.53. The smallest absolute Gasteiger partial charge is 0.378 e. The van der Waals surface area contributed by atoms with Gasteiger partial charge < -0.3 is 10.5 Å². The Balaban J connectivity index is 1.91. The molecule has 0 aromatic heterocycles. The Morgan fingerprint density at radius 1 is 1.29 bits per heavy atom. The minimum absolute atomic E-state index is 0.0628. The maximum Gasteiger partial charge on any atom is 0.389 e. The first-order valence-electron chi connectivity index (χ1n) is 4.89. The summed E-state index contributed by atoms with van der Waals surface area (Å²) in [6.07, 6.45) is -2.78. The zero-order valence-electron chi connectivity index (χ0n) is 8.02. The second-order valence-electron chi connectivity index (χ2n) is 3.78. The molecule has 1 rings (SSSR count). The molecule has 0 aliphatic heterocycles. The molecule has 0 atom stereocenters. The quantitative estimate of drug-likeness (QED) is 0.706. The predicted molar refractivity (Wildman–Crippen MR) is 46.8 cm³/mol. The maximum atomic E-state index is 11.7. The minimum Gasteiger partial charge on any atom is -0.378 e. The van der Waals surface area contributed by atoms with E-state index in [1.165, 1.54) is 0 Å². The standard InChI is InChI=1S/C9H16F3NO/c10-9(11,12)2-1-3-14-8-4-7(5-8)6-13/h7-8H,1-6,13H2. The lowest BCUT2D eigenvalue weighted by Crippen LogP contribution is -2.36. The van der Waals surface area contributed by atoms with Crippen LogP contribution in [-0.2, 0) is 4.74 Å². The molecule has 1 fully saturated rings. The van der Waals surface area contributed by atoms with E-state index in [4.69, 9.17) is 10.5 Å². The number of halogens is 3. The van der Waals surface area contributed by atoms with Crippen LogP contribution in [0.25, 0.3) is 0 Å². The van der Waals surface area contributed by atoms with E-state index in [0.717, 1.165) is 12.8 Å². The number of hydrogen-bond donors (Lipinski definition) is 1. The third kappa shape index (κ3) is 4.28. The van der Waals surface area contributed by atoms with Gasteiger partial charge in [0.2, 0.25) is 0 Å². The Bertz CT molecular complexity index is 166. The first-order valence-corrected chi connectivity index (χ1v) is 4.89. The van der Waals surface area contributed by atoms with Crippen molar-refractivity contribution in [2.24, 2.45) is 11.7 Å². The second kappa shape index (κ2) is 4.98. The molecule has 0 bridgehead atoms. The van der Waals surface area contributed by atoms with Crippen LogP contribution in [0.3, 0.4) is 0 Å². The van der Waals surface area contributed by atoms with Crippen LogP contribution < -0.4 is 5.73 Å². The Kier molecular flexibility index (Phi) is 4.19. The van der Waals surface area contributed by atoms with Gasteiger partial charge in [0.1, 0.15) is 0 Å². The highest BCUT2D eigenvalue weighted by Gasteiger charge is 2.29. The van der Waals surface area contributed by atoms with Gasteiger partial charge in [-0.25, -0.2) is 0 Å². The lowest BCUT2D eigenvalue weighted by molar-refractivity contribution is -0.140. The van der Waals surface area contributed by atoms with Crippen molar-refractivity contribution in [1.29, 1.82) is 0 Å². The summed E-state index contributed by atoms with van der Waals surface area (Å²) in [4.78, 5) is 0. The number of rotatable bonds is 5. The largest absolute Gasteiger partial charge is 0.389 e. The summed E-state index contributed by atoms with van der Waals surface area (Å²) >= 11 is 0. The van der Waals surface area contributed by atoms with E-state index in [1.807, 2.05) is 0 Å². The second-order valence-corrected chi connectivity index (χ2v) is 3.78. The van der Waals surface area contributed by atoms with Gasteiger partial charge in [0.05, 0.1) is 6.10 Å². The molecule has 1 aliphatic rings. The molecule has 2 nitrogen and oxygen atoms in total. The van der Waals surface area contributed by atoms with Crippen molar-refractivity contribution in [2.75, 3.05) is 13.2 Å². The average molecular weight is 211 g/mol. The minimum atomic E-state index is -4.05. The molecule has 0 spiro atoms. The monoisotopic (exact) mass is 211 g/mol. The van der Waals surface area contributed by atoms with Crippen molar-refractivity contribution in [3.8, 4) is 0 Å². The molecule has 0 unspecified atom stereocenters. The van der Waals surface area contributed by atoms with Crippen LogP contribution in [0.1, 0.15) is 25.7 Å². The average Bonchev–Trinajstić information content (AvgIpc) is 1.98. The van der Waals surface area contributed by atoms with Crippen LogP contribution in [-0.4, -0.2) is 25.4 Å². The Labute approximate surface area is 81.6 Å². The van der Waals surface area contributed by atoms with E-state index >= 15 is 0 Å². The molecule has 1 aliphatic carbocycles. The zero-order valence-corrected chi connectivity index (χ0v) is 8.02. The lowest BCUT2D eigenvalue weighted by atomic mass is 9.82. The highest BCUT2D eigenvalue weighted by molar-refractivity contribution is 4.80. The van der Waals surface area contributed by atoms with E-state index in [1.54, 1.807) is 0 Å². The van der Waals surface area contributed by atoms with Gasteiger partial charge in [-0.2, -0.15) is 13.2 Å². The highest BCUT2D eigenvalue weighted by Crippen LogP contribution is 2.29. The molecule has 0 aromatic rings. The molecule has 2 N–H and O–H groups in total. The van der Waals surface area contributed by atoms with Crippen molar-refractivity contribution < 1.29 is 17.9 Å². The number of nitrogens with two attached hydrogens (primary N) is 1. The van der Waals surface area contributed by atoms with E-state index in [-0.39, 0.29) is 19.1 Å². The summed E-state index contributed by atoms with van der Waals surface area (Å²) in [5.74, 6) is 0.516. The molecule has 0 heterocycles. The predicted octanol–water partition coefficient (Wildman–Crippen LogP) is 2.08. The first-order chi connectivity index (χ1) is 6.51. The molecule has 0 amide bonds. The Hall–Kier alpha value is -0.290. The molecule has 0 saturated heterocycles. The fourth-order valence-corrected chi connectivity index (χ4v) is 1.53. The van der Waals surface area contributed by atoms with E-state index in [2.05, 4.69) is 0 Å². The summed E-state index contributed by atoms with van der Waals surface area (Å²) in [5.41, 5.74) is 5.40. The van der Waals surface area contributed by atoms with Crippen LogP contribution in [0.2, 0.25) is 0 Å². The van der Waals surface area contributed by atoms with Crippen LogP contribution in [0, 0.1) is 5.92 Å². The lowest BCUT2D eigenvalue weighted by Gasteiger charge is -2.34. The van der Waals surface area contributed by atoms with Gasteiger partial charge in [-0.3, -0.25) is 0 Å². The molecular weight excluding hydrogens is 195 g/mol. The highest BCUT2D eigenvalue weighted by atomic mass is 19.4. The van der Waals surface area contributed by atoms with Gasteiger partial charge in [0, 0.05) is 13.0 Å². The molecule has 14 heavy (non-hydrogen) atoms. The topological polar surface area (TPSA) is 35.2 Å². The van der Waals surface area contributed by atoms with E-state index < -0.39 is 12.6 Å². The van der Waals surface area contributed by atoms with Gasteiger partial charge >= 0.3 is 6.18 Å². The van der Waals surface area contributed by atoms with Crippen LogP contribution in [0.4, 0.5) is 13.2 Å². The van der Waals surface area contributed by atoms with Crippen molar-refractivity contribution in [3.63, 3.8) is 0 Å². The third-order valence-corrected chi connectivity index (χ3v) is 2.48. The van der Waals surface area contributed by atoms with Gasteiger partial charge in [0.15, 0.2) is 0 Å². The normalized spacial score (nSPS) is 27.4. The van der Waals surface area contributed by atoms with Crippen molar-refractivity contribution in [2.45, 2.75) is 38.0 Å². The zero-order chi connectivity index (χ0) is 10.6. The van der Waals surface area contributed by atoms with Crippen molar-refractivity contribution >= 4 is 0 Å². The summed E-state index contributed by atoms with van der Waals surface area (Å²) in [6, 6.07) is 0. The SMILES string of the molecule is NCC1CC(OCCCC(F)(F)F)C1. The van der Waals surface area contributed by atoms with Crippen LogP contribution in [0.5, 0.6) is 0 Å². The van der Waals surface area contributed by atoms with E-state index in [0.29, 0.717) is 12.5 Å². The van der Waals surface area contributed by atoms with E-state index in [9.17, 15) is 13.2 Å². The molecule has 5 heteroatoms. The van der Waals surface area contributed by atoms with Gasteiger partial charge in [-0.1, -0.05) is 0 Å². The van der Waals surface area contributed by atoms with Gasteiger partial charge in [0.25, 0.3) is 0 Å². The molecule has 0 radical (unpaired) electrons. The summed E-state index contributed by atoms with van der Waals surface area (Å²) in [5, 5.41) is 0. The fraction of sp³-hybridized carbons (Fsp3) is 1.00. The number of hydrogen-bond acceptors (Lipinski definition) is 2. The first kappa shape index (κ1) is 11.8. The van der Waals surface area contributed by atoms with Gasteiger partial charge in [-0.15, -0.1) is 0 Å². The molecular formula is C9H16F3NO. The van der Waals surface area contributed by atoms with Crippen LogP contribution in [0.15, 0.2) is 0 Å². The van der Waals surface area contributed by atoms with Crippen molar-refractivity contribution in [1.82, 2.24) is 0 Å². The summed E-state index contributed by atoms with van der Waals surface area (Å²) in [7, 11) is 0. The Morgan fingerprint density at radius 3 is 2.43 bits per heavy atom.